The van der Waals surface area contributed by atoms with Crippen LogP contribution in [-0.4, -0.2) is 165 Å². The predicted octanol–water partition coefficient (Wildman–Crippen LogP) is 5.41. The fourth-order valence-electron chi connectivity index (χ4n) is 6.85. The lowest BCUT2D eigenvalue weighted by atomic mass is 10.1. The van der Waals surface area contributed by atoms with E-state index in [-0.39, 0.29) is 57.1 Å². The van der Waals surface area contributed by atoms with Gasteiger partial charge < -0.3 is 76.4 Å². The maximum Gasteiger partial charge on any atom is 0.437 e. The maximum atomic E-state index is 12.9. The lowest BCUT2D eigenvalue weighted by Crippen LogP contribution is -2.43. The number of hydrogen-bond donors (Lipinski definition) is 9. The normalized spacial score (nSPS) is 11.8. The van der Waals surface area contributed by atoms with Crippen molar-refractivity contribution in [3.63, 3.8) is 0 Å². The molecule has 30 heteroatoms. The number of unbranched alkanes of at least 4 members (excludes halogenated alkanes) is 2. The number of nitrogens with one attached hydrogen (secondary N) is 6. The molecule has 0 fully saturated rings. The standard InChI is InChI=1S/C55H79Cl2N15O13/c1-54(2,3)84-52(76)71-49(69-47(73)40-35-65-45(59)42(56)66-40)61-21-9-7-11-36-13-17-38(18-14-36)82-33-31-80-29-27-78-25-23-63-51(75)64-24-26-79-28-30-81-32-34-83-39-19-15-37(16-20-39)12-8-10-22-62-50(72-53(77)85-55(4,5)6)70-48(74)41-44(58)68-46(60)43(57)67-41/h13-20,35H,7-12,21-34H2,1-6H3,(H2,59,65)(H4,58,60,68)(H2,63,64,75)(H2,61,69,71,73,76)(H2,62,70,72,74,77). The molecule has 6 amide bonds. The molecule has 0 unspecified atom stereocenters. The van der Waals surface area contributed by atoms with E-state index in [2.05, 4.69) is 61.8 Å². The van der Waals surface area contributed by atoms with E-state index < -0.39 is 35.2 Å². The minimum atomic E-state index is -0.908. The number of urea groups is 1. The molecule has 466 valence electrons. The molecule has 0 aliphatic heterocycles. The number of rotatable bonds is 32. The summed E-state index contributed by atoms with van der Waals surface area (Å²) in [6, 6.07) is 15.2. The van der Waals surface area contributed by atoms with E-state index in [1.807, 2.05) is 48.5 Å². The van der Waals surface area contributed by atoms with Crippen LogP contribution in [0.2, 0.25) is 10.3 Å². The lowest BCUT2D eigenvalue weighted by Gasteiger charge is -2.18. The number of nitrogen functional groups attached to an aromatic ring is 3. The van der Waals surface area contributed by atoms with Crippen molar-refractivity contribution in [2.24, 2.45) is 9.98 Å². The number of guanidine groups is 2. The van der Waals surface area contributed by atoms with Crippen molar-refractivity contribution in [3.8, 4) is 11.5 Å². The first-order chi connectivity index (χ1) is 40.5. The zero-order valence-electron chi connectivity index (χ0n) is 48.8. The molecule has 0 saturated heterocycles. The number of carbonyl (C=O) groups excluding carboxylic acids is 5. The summed E-state index contributed by atoms with van der Waals surface area (Å²) in [5.41, 5.74) is 17.2. The molecule has 0 aliphatic carbocycles. The fourth-order valence-corrected chi connectivity index (χ4v) is 7.12. The van der Waals surface area contributed by atoms with Gasteiger partial charge in [0.1, 0.15) is 41.6 Å². The highest BCUT2D eigenvalue weighted by Gasteiger charge is 2.22. The fraction of sp³-hybridized carbons (Fsp3) is 0.509. The van der Waals surface area contributed by atoms with Crippen molar-refractivity contribution in [3.05, 3.63) is 87.5 Å². The third-order valence-electron chi connectivity index (χ3n) is 10.8. The van der Waals surface area contributed by atoms with Crippen molar-refractivity contribution >= 4 is 82.6 Å². The van der Waals surface area contributed by atoms with Gasteiger partial charge in [0.2, 0.25) is 11.9 Å². The van der Waals surface area contributed by atoms with Crippen LogP contribution in [0.1, 0.15) is 99.3 Å². The molecule has 2 heterocycles. The van der Waals surface area contributed by atoms with Crippen molar-refractivity contribution in [2.45, 2.75) is 91.3 Å². The van der Waals surface area contributed by atoms with Crippen LogP contribution in [0, 0.1) is 0 Å². The van der Waals surface area contributed by atoms with Gasteiger partial charge in [-0.05, 0) is 115 Å². The van der Waals surface area contributed by atoms with E-state index in [0.29, 0.717) is 117 Å². The molecule has 0 bridgehead atoms. The molecule has 85 heavy (non-hydrogen) atoms. The number of aryl methyl sites for hydroxylation is 2. The van der Waals surface area contributed by atoms with Crippen LogP contribution >= 0.6 is 23.2 Å². The average Bonchev–Trinajstić information content (AvgIpc) is 3.58. The van der Waals surface area contributed by atoms with E-state index >= 15 is 0 Å². The van der Waals surface area contributed by atoms with Gasteiger partial charge in [0, 0.05) is 26.2 Å². The minimum absolute atomic E-state index is 0.0229. The second-order valence-corrected chi connectivity index (χ2v) is 21.0. The summed E-state index contributed by atoms with van der Waals surface area (Å²) in [5.74, 6) is -0.738. The number of benzene rings is 2. The Hall–Kier alpha value is -7.89. The van der Waals surface area contributed by atoms with E-state index in [4.69, 9.17) is 78.3 Å². The number of aromatic nitrogens is 4. The number of aliphatic imine (C=N–C) groups is 2. The molecule has 0 radical (unpaired) electrons. The van der Waals surface area contributed by atoms with Crippen LogP contribution in [0.4, 0.5) is 31.8 Å². The molecule has 4 rings (SSSR count). The van der Waals surface area contributed by atoms with Gasteiger partial charge in [-0.15, -0.1) is 9.98 Å². The van der Waals surface area contributed by atoms with Crippen molar-refractivity contribution in [2.75, 3.05) is 109 Å². The van der Waals surface area contributed by atoms with Crippen LogP contribution in [-0.2, 0) is 41.3 Å². The number of carbonyl (C=O) groups is 5. The Kier molecular flexibility index (Phi) is 30.6. The topological polar surface area (TPSA) is 386 Å². The number of nitrogens with zero attached hydrogens (tertiary/aromatic N) is 6. The van der Waals surface area contributed by atoms with Crippen molar-refractivity contribution in [1.82, 2.24) is 51.8 Å². The highest BCUT2D eigenvalue weighted by atomic mass is 35.5. The summed E-state index contributed by atoms with van der Waals surface area (Å²) in [7, 11) is 0. The summed E-state index contributed by atoms with van der Waals surface area (Å²) in [6.07, 6.45) is 3.87. The quantitative estimate of drug-likeness (QED) is 0.0168. The molecule has 4 aromatic rings. The van der Waals surface area contributed by atoms with E-state index in [1.165, 1.54) is 0 Å². The predicted molar refractivity (Wildman–Crippen MR) is 320 cm³/mol. The Bertz CT molecular complexity index is 2800. The molecule has 0 saturated carbocycles. The van der Waals surface area contributed by atoms with Gasteiger partial charge in [-0.2, -0.15) is 0 Å². The van der Waals surface area contributed by atoms with Gasteiger partial charge in [0.15, 0.2) is 33.5 Å². The SMILES string of the molecule is CC(C)(C)OC(=O)/N=C(\NCCCCc1ccc(OCCOCCOCCNC(=O)NCCOCCOCCOc2ccc(CCCCN/C(=N\C(=O)OC(C)(C)C)NC(=O)c3nc(Cl)c(N)nc3N)cc2)cc1)NC(=O)c1cnc(N)c(Cl)n1. The summed E-state index contributed by atoms with van der Waals surface area (Å²) < 4.78 is 44.4. The Morgan fingerprint density at radius 3 is 1.36 bits per heavy atom. The minimum Gasteiger partial charge on any atom is -0.491 e. The van der Waals surface area contributed by atoms with Crippen LogP contribution < -0.4 is 58.6 Å². The zero-order valence-corrected chi connectivity index (χ0v) is 50.3. The van der Waals surface area contributed by atoms with Gasteiger partial charge in [0.25, 0.3) is 11.8 Å². The zero-order chi connectivity index (χ0) is 62.0. The van der Waals surface area contributed by atoms with Crippen molar-refractivity contribution in [1.29, 1.82) is 0 Å². The van der Waals surface area contributed by atoms with Crippen LogP contribution in [0.15, 0.2) is 64.7 Å². The van der Waals surface area contributed by atoms with Gasteiger partial charge in [-0.25, -0.2) is 34.3 Å². The Morgan fingerprint density at radius 2 is 0.918 bits per heavy atom. The summed E-state index contributed by atoms with van der Waals surface area (Å²) in [6.45, 7) is 15.1. The van der Waals surface area contributed by atoms with Crippen LogP contribution in [0.5, 0.6) is 11.5 Å². The molecular weight excluding hydrogens is 1150 g/mol. The molecule has 28 nitrogen and oxygen atoms in total. The largest absolute Gasteiger partial charge is 0.491 e. The Balaban J connectivity index is 0.936. The Labute approximate surface area is 504 Å². The number of halogens is 2. The molecule has 12 N–H and O–H groups in total. The van der Waals surface area contributed by atoms with Crippen LogP contribution in [0.3, 0.4) is 0 Å². The highest BCUT2D eigenvalue weighted by molar-refractivity contribution is 6.32. The number of anilines is 3. The number of ether oxygens (including phenoxy) is 8. The highest BCUT2D eigenvalue weighted by Crippen LogP contribution is 2.19. The second-order valence-electron chi connectivity index (χ2n) is 20.2. The second kappa shape index (κ2) is 37.4. The number of hydrogen-bond acceptors (Lipinski definition) is 20. The first kappa shape index (κ1) is 69.6. The molecule has 0 aliphatic rings. The number of nitrogens with two attached hydrogens (primary N) is 3. The average molecular weight is 1230 g/mol. The van der Waals surface area contributed by atoms with Gasteiger partial charge in [0.05, 0.1) is 59.1 Å². The van der Waals surface area contributed by atoms with Gasteiger partial charge in [-0.1, -0.05) is 47.5 Å². The third-order valence-corrected chi connectivity index (χ3v) is 11.3. The molecule has 2 aromatic carbocycles. The number of amides is 6. The smallest absolute Gasteiger partial charge is 0.437 e. The molecule has 2 aromatic heterocycles. The summed E-state index contributed by atoms with van der Waals surface area (Å²) in [4.78, 5) is 85.8. The first-order valence-electron chi connectivity index (χ1n) is 27.4. The molecule has 0 spiro atoms. The maximum absolute atomic E-state index is 12.9. The summed E-state index contributed by atoms with van der Waals surface area (Å²) >= 11 is 11.8. The van der Waals surface area contributed by atoms with Gasteiger partial charge in [-0.3, -0.25) is 20.2 Å². The third kappa shape index (κ3) is 30.5. The van der Waals surface area contributed by atoms with E-state index in [9.17, 15) is 24.0 Å². The molecular formula is C55H79Cl2N15O13. The van der Waals surface area contributed by atoms with Crippen LogP contribution in [0.25, 0.3) is 0 Å². The van der Waals surface area contributed by atoms with Crippen molar-refractivity contribution < 1.29 is 61.9 Å². The lowest BCUT2D eigenvalue weighted by molar-refractivity contribution is 0.0368. The monoisotopic (exact) mass is 1230 g/mol. The summed E-state index contributed by atoms with van der Waals surface area (Å²) in [5, 5.41) is 16.1. The van der Waals surface area contributed by atoms with E-state index in [0.717, 1.165) is 43.0 Å². The Morgan fingerprint density at radius 1 is 0.494 bits per heavy atom. The van der Waals surface area contributed by atoms with Gasteiger partial charge >= 0.3 is 18.2 Å². The first-order valence-corrected chi connectivity index (χ1v) is 28.2. The molecule has 0 atom stereocenters. The van der Waals surface area contributed by atoms with E-state index in [1.54, 1.807) is 41.5 Å².